The molecule has 0 atom stereocenters. The van der Waals surface area contributed by atoms with Gasteiger partial charge >= 0.3 is 5.97 Å². The van der Waals surface area contributed by atoms with Crippen LogP contribution >= 0.6 is 0 Å². The van der Waals surface area contributed by atoms with Gasteiger partial charge in [0.1, 0.15) is 0 Å². The van der Waals surface area contributed by atoms with Crippen LogP contribution in [0.5, 0.6) is 0 Å². The molecule has 1 amide bonds. The molecule has 1 heterocycles. The number of amides is 1. The van der Waals surface area contributed by atoms with E-state index in [9.17, 15) is 9.59 Å². The zero-order valence-corrected chi connectivity index (χ0v) is 10.3. The predicted molar refractivity (Wildman–Crippen MR) is 67.8 cm³/mol. The number of carbonyl (C=O) groups is 2. The topological polar surface area (TPSA) is 69.6 Å². The third-order valence-electron chi connectivity index (χ3n) is 3.07. The number of hydrogen-bond acceptors (Lipinski definition) is 3. The lowest BCUT2D eigenvalue weighted by atomic mass is 10.1. The van der Waals surface area contributed by atoms with E-state index >= 15 is 0 Å². The number of benzene rings is 1. The molecule has 0 unspecified atom stereocenters. The molecule has 0 spiro atoms. The number of carboxylic acid groups (broad SMARTS) is 1. The normalized spacial score (nSPS) is 12.7. The molecule has 0 radical (unpaired) electrons. The van der Waals surface area contributed by atoms with Crippen molar-refractivity contribution in [3.05, 3.63) is 29.3 Å². The fraction of sp³-hybridized carbons (Fsp3) is 0.385. The fourth-order valence-electron chi connectivity index (χ4n) is 2.02. The van der Waals surface area contributed by atoms with Gasteiger partial charge in [0.2, 0.25) is 0 Å². The van der Waals surface area contributed by atoms with Gasteiger partial charge in [-0.3, -0.25) is 9.59 Å². The van der Waals surface area contributed by atoms with Crippen molar-refractivity contribution in [3.63, 3.8) is 0 Å². The molecule has 1 aliphatic heterocycles. The zero-order chi connectivity index (χ0) is 13.1. The van der Waals surface area contributed by atoms with Crippen molar-refractivity contribution >= 4 is 17.6 Å². The Bertz CT molecular complexity index is 485. The van der Waals surface area contributed by atoms with Crippen LogP contribution in [0, 0.1) is 0 Å². The van der Waals surface area contributed by atoms with E-state index in [0.717, 1.165) is 24.2 Å². The molecular formula is C13H16N2O3. The number of hydrogen-bond donors (Lipinski definition) is 2. The van der Waals surface area contributed by atoms with E-state index in [1.165, 1.54) is 4.90 Å². The van der Waals surface area contributed by atoms with Gasteiger partial charge in [0, 0.05) is 31.4 Å². The maximum absolute atomic E-state index is 12.1. The summed E-state index contributed by atoms with van der Waals surface area (Å²) >= 11 is 0. The summed E-state index contributed by atoms with van der Waals surface area (Å²) in [4.78, 5) is 24.0. The predicted octanol–water partition coefficient (Wildman–Crippen LogP) is 1.20. The molecule has 5 heteroatoms. The highest BCUT2D eigenvalue weighted by molar-refractivity contribution is 5.95. The highest BCUT2D eigenvalue weighted by atomic mass is 16.4. The summed E-state index contributed by atoms with van der Waals surface area (Å²) in [5.41, 5.74) is 2.84. The quantitative estimate of drug-likeness (QED) is 0.840. The van der Waals surface area contributed by atoms with Crippen LogP contribution in [0.3, 0.4) is 0 Å². The van der Waals surface area contributed by atoms with E-state index in [2.05, 4.69) is 5.32 Å². The van der Waals surface area contributed by atoms with Crippen molar-refractivity contribution in [1.29, 1.82) is 0 Å². The summed E-state index contributed by atoms with van der Waals surface area (Å²) in [6.45, 7) is 1.13. The second-order valence-corrected chi connectivity index (χ2v) is 4.42. The Kier molecular flexibility index (Phi) is 3.50. The Morgan fingerprint density at radius 2 is 2.22 bits per heavy atom. The first kappa shape index (κ1) is 12.4. The van der Waals surface area contributed by atoms with Crippen LogP contribution in [-0.4, -0.2) is 42.0 Å². The molecule has 0 fully saturated rings. The minimum atomic E-state index is -0.896. The number of anilines is 1. The van der Waals surface area contributed by atoms with Crippen LogP contribution in [0.4, 0.5) is 5.69 Å². The number of nitrogens with one attached hydrogen (secondary N) is 1. The third kappa shape index (κ3) is 2.61. The maximum Gasteiger partial charge on any atom is 0.305 e. The van der Waals surface area contributed by atoms with E-state index in [4.69, 9.17) is 5.11 Å². The summed E-state index contributed by atoms with van der Waals surface area (Å²) in [6, 6.07) is 5.56. The van der Waals surface area contributed by atoms with Gasteiger partial charge in [-0.05, 0) is 30.2 Å². The van der Waals surface area contributed by atoms with Crippen molar-refractivity contribution in [1.82, 2.24) is 4.90 Å². The number of fused-ring (bicyclic) bond motifs is 1. The van der Waals surface area contributed by atoms with Crippen molar-refractivity contribution in [3.8, 4) is 0 Å². The van der Waals surface area contributed by atoms with Crippen LogP contribution in [0.15, 0.2) is 18.2 Å². The molecule has 0 saturated heterocycles. The molecule has 96 valence electrons. The van der Waals surface area contributed by atoms with Crippen molar-refractivity contribution in [2.24, 2.45) is 0 Å². The SMILES string of the molecule is CN(CCC(=O)O)C(=O)c1ccc2c(c1)CCN2. The monoisotopic (exact) mass is 248 g/mol. The maximum atomic E-state index is 12.1. The molecule has 2 N–H and O–H groups in total. The van der Waals surface area contributed by atoms with Gasteiger partial charge in [0.15, 0.2) is 0 Å². The first-order valence-corrected chi connectivity index (χ1v) is 5.92. The number of rotatable bonds is 4. The second kappa shape index (κ2) is 5.08. The van der Waals surface area contributed by atoms with Crippen molar-refractivity contribution < 1.29 is 14.7 Å². The number of aliphatic carboxylic acids is 1. The van der Waals surface area contributed by atoms with Gasteiger partial charge in [0.05, 0.1) is 6.42 Å². The Balaban J connectivity index is 2.06. The van der Waals surface area contributed by atoms with Gasteiger partial charge in [-0.2, -0.15) is 0 Å². The fourth-order valence-corrected chi connectivity index (χ4v) is 2.02. The first-order valence-electron chi connectivity index (χ1n) is 5.92. The lowest BCUT2D eigenvalue weighted by Gasteiger charge is -2.16. The Morgan fingerprint density at radius 1 is 1.44 bits per heavy atom. The van der Waals surface area contributed by atoms with Crippen LogP contribution in [0.25, 0.3) is 0 Å². The number of carbonyl (C=O) groups excluding carboxylic acids is 1. The third-order valence-corrected chi connectivity index (χ3v) is 3.07. The second-order valence-electron chi connectivity index (χ2n) is 4.42. The van der Waals surface area contributed by atoms with Crippen LogP contribution in [0.2, 0.25) is 0 Å². The molecule has 0 bridgehead atoms. The molecule has 1 aromatic carbocycles. The first-order chi connectivity index (χ1) is 8.58. The summed E-state index contributed by atoms with van der Waals surface area (Å²) in [5.74, 6) is -1.03. The van der Waals surface area contributed by atoms with E-state index < -0.39 is 5.97 Å². The Labute approximate surface area is 105 Å². The Hall–Kier alpha value is -2.04. The molecule has 0 saturated carbocycles. The Morgan fingerprint density at radius 3 is 2.94 bits per heavy atom. The molecule has 1 aliphatic rings. The molecule has 2 rings (SSSR count). The minimum absolute atomic E-state index is 0.0330. The van der Waals surface area contributed by atoms with E-state index in [0.29, 0.717) is 5.56 Å². The summed E-state index contributed by atoms with van der Waals surface area (Å²) in [7, 11) is 1.62. The molecular weight excluding hydrogens is 232 g/mol. The van der Waals surface area contributed by atoms with E-state index in [-0.39, 0.29) is 18.9 Å². The summed E-state index contributed by atoms with van der Waals surface area (Å²) in [6.07, 6.45) is 0.893. The standard InChI is InChI=1S/C13H16N2O3/c1-15(7-5-12(16)17)13(18)10-2-3-11-9(8-10)4-6-14-11/h2-3,8,14H,4-7H2,1H3,(H,16,17). The number of carboxylic acids is 1. The summed E-state index contributed by atoms with van der Waals surface area (Å²) in [5, 5.41) is 11.8. The van der Waals surface area contributed by atoms with Crippen LogP contribution < -0.4 is 5.32 Å². The van der Waals surface area contributed by atoms with Gasteiger partial charge in [-0.1, -0.05) is 0 Å². The minimum Gasteiger partial charge on any atom is -0.481 e. The average molecular weight is 248 g/mol. The molecule has 18 heavy (non-hydrogen) atoms. The average Bonchev–Trinajstić information content (AvgIpc) is 2.81. The van der Waals surface area contributed by atoms with Crippen LogP contribution in [-0.2, 0) is 11.2 Å². The smallest absolute Gasteiger partial charge is 0.305 e. The van der Waals surface area contributed by atoms with Gasteiger partial charge < -0.3 is 15.3 Å². The molecule has 1 aromatic rings. The lowest BCUT2D eigenvalue weighted by molar-refractivity contribution is -0.137. The van der Waals surface area contributed by atoms with Crippen molar-refractivity contribution in [2.75, 3.05) is 25.5 Å². The zero-order valence-electron chi connectivity index (χ0n) is 10.3. The number of nitrogens with zero attached hydrogens (tertiary/aromatic N) is 1. The molecule has 5 nitrogen and oxygen atoms in total. The van der Waals surface area contributed by atoms with Gasteiger partial charge in [-0.15, -0.1) is 0 Å². The molecule has 0 aromatic heterocycles. The molecule has 0 aliphatic carbocycles. The van der Waals surface area contributed by atoms with E-state index in [1.807, 2.05) is 12.1 Å². The highest BCUT2D eigenvalue weighted by Crippen LogP contribution is 2.23. The highest BCUT2D eigenvalue weighted by Gasteiger charge is 2.16. The van der Waals surface area contributed by atoms with E-state index in [1.54, 1.807) is 13.1 Å². The summed E-state index contributed by atoms with van der Waals surface area (Å²) < 4.78 is 0. The van der Waals surface area contributed by atoms with Crippen molar-refractivity contribution in [2.45, 2.75) is 12.8 Å². The van der Waals surface area contributed by atoms with Gasteiger partial charge in [-0.25, -0.2) is 0 Å². The van der Waals surface area contributed by atoms with Crippen LogP contribution in [0.1, 0.15) is 22.3 Å². The lowest BCUT2D eigenvalue weighted by Crippen LogP contribution is -2.29. The largest absolute Gasteiger partial charge is 0.481 e. The van der Waals surface area contributed by atoms with Gasteiger partial charge in [0.25, 0.3) is 5.91 Å².